The van der Waals surface area contributed by atoms with Gasteiger partial charge in [0.25, 0.3) is 5.79 Å². The van der Waals surface area contributed by atoms with E-state index in [0.29, 0.717) is 5.69 Å². The Labute approximate surface area is 158 Å². The fourth-order valence-electron chi connectivity index (χ4n) is 2.54. The number of carbonyl (C=O) groups is 2. The highest BCUT2D eigenvalue weighted by atomic mass is 32.1. The summed E-state index contributed by atoms with van der Waals surface area (Å²) in [5.41, 5.74) is 2.34. The third kappa shape index (κ3) is 3.52. The largest absolute Gasteiger partial charge is 0.419 e. The van der Waals surface area contributed by atoms with Crippen molar-refractivity contribution in [3.8, 4) is 10.6 Å². The summed E-state index contributed by atoms with van der Waals surface area (Å²) in [6.07, 6.45) is 3.03. The van der Waals surface area contributed by atoms with E-state index in [1.165, 1.54) is 31.4 Å². The fourth-order valence-corrected chi connectivity index (χ4v) is 3.45. The molecule has 0 bridgehead atoms. The molecule has 1 aromatic carbocycles. The van der Waals surface area contributed by atoms with Crippen LogP contribution in [0.1, 0.15) is 13.8 Å². The van der Waals surface area contributed by atoms with Crippen LogP contribution >= 0.6 is 11.3 Å². The van der Waals surface area contributed by atoms with Crippen LogP contribution in [0.25, 0.3) is 20.9 Å². The van der Waals surface area contributed by atoms with Gasteiger partial charge in [0.05, 0.1) is 0 Å². The van der Waals surface area contributed by atoms with Gasteiger partial charge in [-0.3, -0.25) is 0 Å². The molecule has 1 fully saturated rings. The summed E-state index contributed by atoms with van der Waals surface area (Å²) in [6.45, 7) is 3.01. The van der Waals surface area contributed by atoms with Gasteiger partial charge >= 0.3 is 11.9 Å². The quantitative estimate of drug-likeness (QED) is 0.422. The molecular formula is C19H15N3O4S. The van der Waals surface area contributed by atoms with Crippen molar-refractivity contribution in [1.82, 2.24) is 9.97 Å². The van der Waals surface area contributed by atoms with Crippen molar-refractivity contribution < 1.29 is 19.1 Å². The van der Waals surface area contributed by atoms with Crippen LogP contribution in [-0.2, 0) is 19.1 Å². The molecule has 0 unspecified atom stereocenters. The van der Waals surface area contributed by atoms with Crippen molar-refractivity contribution >= 4 is 39.3 Å². The number of benzene rings is 1. The second kappa shape index (κ2) is 6.48. The molecule has 0 atom stereocenters. The van der Waals surface area contributed by atoms with Gasteiger partial charge in [0.1, 0.15) is 15.4 Å². The maximum atomic E-state index is 11.9. The summed E-state index contributed by atoms with van der Waals surface area (Å²) in [5.74, 6) is -2.69. The van der Waals surface area contributed by atoms with Gasteiger partial charge in [-0.05, 0) is 36.4 Å². The minimum atomic E-state index is -1.25. The molecule has 4 rings (SSSR count). The van der Waals surface area contributed by atoms with Gasteiger partial charge in [-0.25, -0.2) is 19.6 Å². The zero-order chi connectivity index (χ0) is 19.0. The van der Waals surface area contributed by atoms with Crippen molar-refractivity contribution in [2.24, 2.45) is 0 Å². The van der Waals surface area contributed by atoms with Gasteiger partial charge in [-0.15, -0.1) is 0 Å². The highest BCUT2D eigenvalue weighted by Crippen LogP contribution is 2.29. The Balaban J connectivity index is 1.51. The zero-order valence-electron chi connectivity index (χ0n) is 14.6. The number of thiazole rings is 1. The number of aromatic nitrogens is 2. The van der Waals surface area contributed by atoms with Crippen molar-refractivity contribution in [2.75, 3.05) is 5.32 Å². The van der Waals surface area contributed by atoms with Crippen molar-refractivity contribution in [3.05, 3.63) is 54.4 Å². The average Bonchev–Trinajstić information content (AvgIpc) is 3.04. The molecule has 1 aliphatic rings. The summed E-state index contributed by atoms with van der Waals surface area (Å²) >= 11 is 1.52. The third-order valence-corrected chi connectivity index (χ3v) is 4.83. The Morgan fingerprint density at radius 3 is 2.44 bits per heavy atom. The fraction of sp³-hybridized carbons (Fsp3) is 0.158. The number of ether oxygens (including phenoxy) is 2. The number of rotatable bonds is 3. The van der Waals surface area contributed by atoms with Gasteiger partial charge in [0.2, 0.25) is 0 Å². The molecule has 0 spiro atoms. The Bertz CT molecular complexity index is 1020. The van der Waals surface area contributed by atoms with Gasteiger partial charge in [0, 0.05) is 37.5 Å². The minimum absolute atomic E-state index is 0.185. The molecule has 2 aromatic heterocycles. The molecule has 136 valence electrons. The van der Waals surface area contributed by atoms with E-state index in [-0.39, 0.29) is 5.57 Å². The number of pyridine rings is 1. The van der Waals surface area contributed by atoms with Gasteiger partial charge in [0.15, 0.2) is 5.57 Å². The third-order valence-electron chi connectivity index (χ3n) is 3.80. The SMILES string of the molecule is CC1(C)OC(=O)C(=CNc2ccc(-c3nc4cccnc4s3)cc2)C(=O)O1. The predicted molar refractivity (Wildman–Crippen MR) is 101 cm³/mol. The van der Waals surface area contributed by atoms with Crippen LogP contribution in [0.4, 0.5) is 5.69 Å². The van der Waals surface area contributed by atoms with E-state index >= 15 is 0 Å². The van der Waals surface area contributed by atoms with Crippen LogP contribution in [0.15, 0.2) is 54.4 Å². The summed E-state index contributed by atoms with van der Waals surface area (Å²) in [6, 6.07) is 11.2. The molecule has 0 saturated carbocycles. The Morgan fingerprint density at radius 1 is 1.07 bits per heavy atom. The summed E-state index contributed by atoms with van der Waals surface area (Å²) in [4.78, 5) is 33.6. The maximum absolute atomic E-state index is 11.9. The summed E-state index contributed by atoms with van der Waals surface area (Å²) < 4.78 is 10.1. The van der Waals surface area contributed by atoms with Gasteiger partial charge in [-0.1, -0.05) is 11.3 Å². The highest BCUT2D eigenvalue weighted by Gasteiger charge is 2.38. The number of esters is 2. The van der Waals surface area contributed by atoms with E-state index in [4.69, 9.17) is 9.47 Å². The number of carbonyl (C=O) groups excluding carboxylic acids is 2. The molecule has 0 radical (unpaired) electrons. The first kappa shape index (κ1) is 17.2. The number of hydrogen-bond acceptors (Lipinski definition) is 8. The number of anilines is 1. The molecule has 27 heavy (non-hydrogen) atoms. The van der Waals surface area contributed by atoms with Crippen LogP contribution in [-0.4, -0.2) is 27.7 Å². The first-order chi connectivity index (χ1) is 12.9. The topological polar surface area (TPSA) is 90.4 Å². The zero-order valence-corrected chi connectivity index (χ0v) is 15.4. The normalized spacial score (nSPS) is 16.0. The molecule has 0 aliphatic carbocycles. The van der Waals surface area contributed by atoms with E-state index < -0.39 is 17.7 Å². The number of cyclic esters (lactones) is 2. The Kier molecular flexibility index (Phi) is 4.12. The number of nitrogens with zero attached hydrogens (tertiary/aromatic N) is 2. The van der Waals surface area contributed by atoms with E-state index in [2.05, 4.69) is 15.3 Å². The lowest BCUT2D eigenvalue weighted by atomic mass is 10.2. The number of hydrogen-bond donors (Lipinski definition) is 1. The van der Waals surface area contributed by atoms with E-state index in [1.54, 1.807) is 6.20 Å². The first-order valence-electron chi connectivity index (χ1n) is 8.17. The standard InChI is InChI=1S/C19H15N3O4S/c1-19(2)25-17(23)13(18(24)26-19)10-21-12-7-5-11(6-8-12)15-22-14-4-3-9-20-16(14)27-15/h3-10,21H,1-2H3. The van der Waals surface area contributed by atoms with E-state index in [9.17, 15) is 9.59 Å². The second-order valence-corrected chi connectivity index (χ2v) is 7.28. The lowest BCUT2D eigenvalue weighted by Crippen LogP contribution is -2.42. The number of nitrogens with one attached hydrogen (secondary N) is 1. The van der Waals surface area contributed by atoms with Crippen molar-refractivity contribution in [3.63, 3.8) is 0 Å². The highest BCUT2D eigenvalue weighted by molar-refractivity contribution is 7.21. The first-order valence-corrected chi connectivity index (χ1v) is 8.98. The van der Waals surface area contributed by atoms with Crippen LogP contribution in [0.2, 0.25) is 0 Å². The van der Waals surface area contributed by atoms with E-state index in [1.807, 2.05) is 36.4 Å². The van der Waals surface area contributed by atoms with Crippen molar-refractivity contribution in [2.45, 2.75) is 19.6 Å². The van der Waals surface area contributed by atoms with Crippen LogP contribution in [0.5, 0.6) is 0 Å². The predicted octanol–water partition coefficient (Wildman–Crippen LogP) is 3.49. The van der Waals surface area contributed by atoms with Crippen LogP contribution in [0, 0.1) is 0 Å². The summed E-state index contributed by atoms with van der Waals surface area (Å²) in [7, 11) is 0. The molecule has 3 heterocycles. The molecule has 0 amide bonds. The maximum Gasteiger partial charge on any atom is 0.350 e. The Hall–Kier alpha value is -3.26. The minimum Gasteiger partial charge on any atom is -0.419 e. The molecule has 7 nitrogen and oxygen atoms in total. The van der Waals surface area contributed by atoms with Crippen molar-refractivity contribution in [1.29, 1.82) is 0 Å². The molecule has 1 N–H and O–H groups in total. The molecule has 3 aromatic rings. The number of fused-ring (bicyclic) bond motifs is 1. The molecular weight excluding hydrogens is 366 g/mol. The lowest BCUT2D eigenvalue weighted by Gasteiger charge is -2.29. The van der Waals surface area contributed by atoms with Gasteiger partial charge < -0.3 is 14.8 Å². The second-order valence-electron chi connectivity index (χ2n) is 6.31. The lowest BCUT2D eigenvalue weighted by molar-refractivity contribution is -0.222. The van der Waals surface area contributed by atoms with Crippen LogP contribution < -0.4 is 5.32 Å². The summed E-state index contributed by atoms with van der Waals surface area (Å²) in [5, 5.41) is 3.79. The molecule has 1 aliphatic heterocycles. The average molecular weight is 381 g/mol. The monoisotopic (exact) mass is 381 g/mol. The smallest absolute Gasteiger partial charge is 0.350 e. The Morgan fingerprint density at radius 2 is 1.78 bits per heavy atom. The van der Waals surface area contributed by atoms with E-state index in [0.717, 1.165) is 20.9 Å². The molecule has 1 saturated heterocycles. The van der Waals surface area contributed by atoms with Crippen LogP contribution in [0.3, 0.4) is 0 Å². The van der Waals surface area contributed by atoms with Gasteiger partial charge in [-0.2, -0.15) is 0 Å². The molecule has 8 heteroatoms.